The van der Waals surface area contributed by atoms with Gasteiger partial charge >= 0.3 is 0 Å². The Morgan fingerprint density at radius 2 is 2.11 bits per heavy atom. The van der Waals surface area contributed by atoms with Crippen LogP contribution in [0.3, 0.4) is 0 Å². The van der Waals surface area contributed by atoms with Crippen LogP contribution in [-0.4, -0.2) is 45.9 Å². The summed E-state index contributed by atoms with van der Waals surface area (Å²) in [4.78, 5) is 10.9. The molecule has 3 heterocycles. The maximum atomic E-state index is 5.78. The first-order valence-corrected chi connectivity index (χ1v) is 6.43. The lowest BCUT2D eigenvalue weighted by Crippen LogP contribution is -2.37. The molecule has 0 radical (unpaired) electrons. The van der Waals surface area contributed by atoms with Crippen molar-refractivity contribution in [1.82, 2.24) is 19.6 Å². The summed E-state index contributed by atoms with van der Waals surface area (Å²) in [6.07, 6.45) is 0. The third-order valence-corrected chi connectivity index (χ3v) is 3.16. The molecule has 7 heteroatoms. The van der Waals surface area contributed by atoms with Crippen LogP contribution in [-0.2, 0) is 10.6 Å². The van der Waals surface area contributed by atoms with E-state index in [1.807, 2.05) is 13.0 Å². The summed E-state index contributed by atoms with van der Waals surface area (Å²) in [5, 5.41) is 4.38. The molecule has 0 unspecified atom stereocenters. The predicted octanol–water partition coefficient (Wildman–Crippen LogP) is 1.01. The summed E-state index contributed by atoms with van der Waals surface area (Å²) in [6, 6.07) is 2.02. The lowest BCUT2D eigenvalue weighted by atomic mass is 10.3. The van der Waals surface area contributed by atoms with Crippen LogP contribution in [0.25, 0.3) is 5.78 Å². The first kappa shape index (κ1) is 11.7. The highest BCUT2D eigenvalue weighted by Crippen LogP contribution is 2.18. The number of alkyl halides is 1. The highest BCUT2D eigenvalue weighted by atomic mass is 35.5. The lowest BCUT2D eigenvalue weighted by molar-refractivity contribution is 0.122. The van der Waals surface area contributed by atoms with Gasteiger partial charge in [-0.1, -0.05) is 0 Å². The summed E-state index contributed by atoms with van der Waals surface area (Å²) < 4.78 is 7.13. The fourth-order valence-electron chi connectivity index (χ4n) is 2.08. The number of hydrogen-bond acceptors (Lipinski definition) is 5. The van der Waals surface area contributed by atoms with Crippen molar-refractivity contribution in [2.75, 3.05) is 31.2 Å². The average Bonchev–Trinajstić information content (AvgIpc) is 2.81. The molecular weight excluding hydrogens is 254 g/mol. The molecule has 0 aromatic carbocycles. The number of nitrogens with zero attached hydrogens (tertiary/aromatic N) is 5. The molecule has 2 aromatic heterocycles. The molecule has 1 fully saturated rings. The zero-order chi connectivity index (χ0) is 12.5. The monoisotopic (exact) mass is 267 g/mol. The smallest absolute Gasteiger partial charge is 0.254 e. The predicted molar refractivity (Wildman–Crippen MR) is 68.1 cm³/mol. The Kier molecular flexibility index (Phi) is 3.05. The second-order valence-corrected chi connectivity index (χ2v) is 4.50. The highest BCUT2D eigenvalue weighted by Gasteiger charge is 2.17. The van der Waals surface area contributed by atoms with Crippen molar-refractivity contribution in [2.45, 2.75) is 12.8 Å². The van der Waals surface area contributed by atoms with Gasteiger partial charge in [-0.15, -0.1) is 16.7 Å². The Labute approximate surface area is 110 Å². The van der Waals surface area contributed by atoms with Crippen LogP contribution < -0.4 is 4.90 Å². The van der Waals surface area contributed by atoms with Gasteiger partial charge in [0.15, 0.2) is 5.82 Å². The van der Waals surface area contributed by atoms with E-state index in [1.165, 1.54) is 0 Å². The standard InChI is InChI=1S/C11H14ClN5O/c1-8-6-10(16-2-4-18-5-3-16)17-11(13-8)14-9(7-12)15-17/h6H,2-5,7H2,1H3. The minimum absolute atomic E-state index is 0.297. The molecule has 3 rings (SSSR count). The first-order valence-electron chi connectivity index (χ1n) is 5.90. The molecule has 0 spiro atoms. The summed E-state index contributed by atoms with van der Waals surface area (Å²) in [6.45, 7) is 5.14. The quantitative estimate of drug-likeness (QED) is 0.760. The van der Waals surface area contributed by atoms with Crippen LogP contribution in [0.2, 0.25) is 0 Å². The number of fused-ring (bicyclic) bond motifs is 1. The van der Waals surface area contributed by atoms with Gasteiger partial charge in [-0.25, -0.2) is 4.98 Å². The molecule has 6 nitrogen and oxygen atoms in total. The van der Waals surface area contributed by atoms with Crippen molar-refractivity contribution in [2.24, 2.45) is 0 Å². The van der Waals surface area contributed by atoms with Crippen molar-refractivity contribution in [3.8, 4) is 0 Å². The van der Waals surface area contributed by atoms with Gasteiger partial charge in [-0.05, 0) is 6.92 Å². The van der Waals surface area contributed by atoms with Crippen LogP contribution in [0.1, 0.15) is 11.5 Å². The maximum absolute atomic E-state index is 5.78. The van der Waals surface area contributed by atoms with Crippen LogP contribution in [0.15, 0.2) is 6.07 Å². The van der Waals surface area contributed by atoms with Crippen LogP contribution in [0.5, 0.6) is 0 Å². The number of aryl methyl sites for hydroxylation is 1. The summed E-state index contributed by atoms with van der Waals surface area (Å²) in [5.74, 6) is 2.51. The van der Waals surface area contributed by atoms with Crippen LogP contribution >= 0.6 is 11.6 Å². The van der Waals surface area contributed by atoms with Crippen molar-refractivity contribution >= 4 is 23.2 Å². The SMILES string of the molecule is Cc1cc(N2CCOCC2)n2nc(CCl)nc2n1. The number of halogens is 1. The van der Waals surface area contributed by atoms with Gasteiger partial charge in [0, 0.05) is 24.8 Å². The van der Waals surface area contributed by atoms with Crippen molar-refractivity contribution in [1.29, 1.82) is 0 Å². The van der Waals surface area contributed by atoms with E-state index in [2.05, 4.69) is 20.0 Å². The van der Waals surface area contributed by atoms with E-state index in [-0.39, 0.29) is 0 Å². The van der Waals surface area contributed by atoms with Gasteiger partial charge in [0.2, 0.25) is 0 Å². The molecule has 1 saturated heterocycles. The molecule has 0 amide bonds. The van der Waals surface area contributed by atoms with Gasteiger partial charge in [0.05, 0.1) is 19.1 Å². The molecule has 1 aliphatic rings. The second kappa shape index (κ2) is 4.70. The Morgan fingerprint density at radius 3 is 2.83 bits per heavy atom. The molecular formula is C11H14ClN5O. The van der Waals surface area contributed by atoms with Crippen molar-refractivity contribution in [3.05, 3.63) is 17.6 Å². The zero-order valence-corrected chi connectivity index (χ0v) is 10.9. The molecule has 18 heavy (non-hydrogen) atoms. The number of ether oxygens (including phenoxy) is 1. The Morgan fingerprint density at radius 1 is 1.33 bits per heavy atom. The molecule has 0 aliphatic carbocycles. The maximum Gasteiger partial charge on any atom is 0.254 e. The molecule has 96 valence electrons. The largest absolute Gasteiger partial charge is 0.378 e. The first-order chi connectivity index (χ1) is 8.78. The molecule has 0 atom stereocenters. The van der Waals surface area contributed by atoms with Crippen molar-refractivity contribution < 1.29 is 4.74 Å². The van der Waals surface area contributed by atoms with Crippen LogP contribution in [0.4, 0.5) is 5.82 Å². The number of anilines is 1. The Hall–Kier alpha value is -1.40. The highest BCUT2D eigenvalue weighted by molar-refractivity contribution is 6.16. The van der Waals surface area contributed by atoms with Crippen LogP contribution in [0, 0.1) is 6.92 Å². The van der Waals surface area contributed by atoms with E-state index in [4.69, 9.17) is 16.3 Å². The normalized spacial score (nSPS) is 16.4. The number of hydrogen-bond donors (Lipinski definition) is 0. The minimum atomic E-state index is 0.297. The molecule has 0 saturated carbocycles. The fourth-order valence-corrected chi connectivity index (χ4v) is 2.20. The topological polar surface area (TPSA) is 55.6 Å². The molecule has 2 aromatic rings. The molecule has 0 N–H and O–H groups in total. The molecule has 1 aliphatic heterocycles. The van der Waals surface area contributed by atoms with E-state index in [9.17, 15) is 0 Å². The van der Waals surface area contributed by atoms with E-state index < -0.39 is 0 Å². The zero-order valence-electron chi connectivity index (χ0n) is 10.1. The van der Waals surface area contributed by atoms with Crippen molar-refractivity contribution in [3.63, 3.8) is 0 Å². The number of morpholine rings is 1. The van der Waals surface area contributed by atoms with E-state index in [0.29, 0.717) is 17.5 Å². The summed E-state index contributed by atoms with van der Waals surface area (Å²) in [5.41, 5.74) is 0.928. The molecule has 0 bridgehead atoms. The summed E-state index contributed by atoms with van der Waals surface area (Å²) in [7, 11) is 0. The second-order valence-electron chi connectivity index (χ2n) is 4.23. The third-order valence-electron chi connectivity index (χ3n) is 2.92. The van der Waals surface area contributed by atoms with E-state index in [1.54, 1.807) is 4.52 Å². The Bertz CT molecular complexity index is 564. The number of aromatic nitrogens is 4. The fraction of sp³-hybridized carbons (Fsp3) is 0.545. The van der Waals surface area contributed by atoms with Gasteiger partial charge in [-0.2, -0.15) is 9.50 Å². The summed E-state index contributed by atoms with van der Waals surface area (Å²) >= 11 is 5.78. The van der Waals surface area contributed by atoms with E-state index in [0.717, 1.165) is 37.8 Å². The number of rotatable bonds is 2. The average molecular weight is 268 g/mol. The van der Waals surface area contributed by atoms with Gasteiger partial charge in [-0.3, -0.25) is 0 Å². The Balaban J connectivity index is 2.10. The van der Waals surface area contributed by atoms with Gasteiger partial charge in [0.1, 0.15) is 5.82 Å². The minimum Gasteiger partial charge on any atom is -0.378 e. The van der Waals surface area contributed by atoms with Gasteiger partial charge < -0.3 is 9.64 Å². The van der Waals surface area contributed by atoms with Gasteiger partial charge in [0.25, 0.3) is 5.78 Å². The van der Waals surface area contributed by atoms with E-state index >= 15 is 0 Å². The third kappa shape index (κ3) is 2.02. The lowest BCUT2D eigenvalue weighted by Gasteiger charge is -2.28.